The topological polar surface area (TPSA) is 125 Å². The lowest BCUT2D eigenvalue weighted by atomic mass is 10.2. The molecule has 3 aromatic rings. The minimum Gasteiger partial charge on any atom is -0.497 e. The molecule has 0 radical (unpaired) electrons. The van der Waals surface area contributed by atoms with Gasteiger partial charge in [-0.15, -0.1) is 0 Å². The second-order valence-electron chi connectivity index (χ2n) is 6.37. The molecule has 1 amide bonds. The number of nitrogens with two attached hydrogens (primary N) is 1. The first-order chi connectivity index (χ1) is 13.1. The van der Waals surface area contributed by atoms with Gasteiger partial charge in [0.2, 0.25) is 0 Å². The first kappa shape index (κ1) is 17.2. The molecule has 27 heavy (non-hydrogen) atoms. The Hall–Kier alpha value is -3.20. The number of hydrogen-bond donors (Lipinski definition) is 2. The number of ether oxygens (including phenoxy) is 2. The predicted octanol–water partition coefficient (Wildman–Crippen LogP) is 1.07. The van der Waals surface area contributed by atoms with Crippen LogP contribution >= 0.6 is 0 Å². The number of carbonyl (C=O) groups is 1. The molecule has 9 nitrogen and oxygen atoms in total. The van der Waals surface area contributed by atoms with E-state index in [1.54, 1.807) is 31.4 Å². The van der Waals surface area contributed by atoms with Gasteiger partial charge in [-0.1, -0.05) is 12.1 Å². The Kier molecular flexibility index (Phi) is 4.36. The normalized spacial score (nSPS) is 16.7. The van der Waals surface area contributed by atoms with Crippen LogP contribution < -0.4 is 16.2 Å². The zero-order valence-electron chi connectivity index (χ0n) is 14.8. The van der Waals surface area contributed by atoms with Gasteiger partial charge in [-0.05, 0) is 25.0 Å². The van der Waals surface area contributed by atoms with Gasteiger partial charge in [0.25, 0.3) is 5.91 Å². The van der Waals surface area contributed by atoms with Gasteiger partial charge in [0.05, 0.1) is 19.8 Å². The molecule has 3 heterocycles. The van der Waals surface area contributed by atoms with Crippen LogP contribution in [0, 0.1) is 0 Å². The summed E-state index contributed by atoms with van der Waals surface area (Å²) in [5, 5.41) is 0. The lowest BCUT2D eigenvalue weighted by Gasteiger charge is -2.11. The Bertz CT molecular complexity index is 1070. The number of imidazole rings is 1. The van der Waals surface area contributed by atoms with E-state index in [1.165, 1.54) is 4.57 Å². The van der Waals surface area contributed by atoms with Gasteiger partial charge in [-0.3, -0.25) is 9.36 Å². The SMILES string of the molecule is COc1cccc(-c2nc(C(N)=O)c3[nH]c(=O)n(CC4CCCO4)c3n2)c1. The Morgan fingerprint density at radius 2 is 2.30 bits per heavy atom. The van der Waals surface area contributed by atoms with E-state index < -0.39 is 5.91 Å². The summed E-state index contributed by atoms with van der Waals surface area (Å²) in [4.78, 5) is 35.9. The Labute approximate surface area is 154 Å². The quantitative estimate of drug-likeness (QED) is 0.693. The molecule has 2 aromatic heterocycles. The summed E-state index contributed by atoms with van der Waals surface area (Å²) in [5.41, 5.74) is 6.31. The fourth-order valence-corrected chi connectivity index (χ4v) is 3.26. The third-order valence-electron chi connectivity index (χ3n) is 4.59. The number of nitrogens with one attached hydrogen (secondary N) is 1. The molecule has 3 N–H and O–H groups in total. The molecule has 140 valence electrons. The Balaban J connectivity index is 1.90. The summed E-state index contributed by atoms with van der Waals surface area (Å²) in [5.74, 6) is 0.176. The molecule has 1 aliphatic heterocycles. The molecule has 1 aliphatic rings. The number of aromatic nitrogens is 4. The van der Waals surface area contributed by atoms with Crippen LogP contribution in [0.1, 0.15) is 23.3 Å². The maximum atomic E-state index is 12.5. The van der Waals surface area contributed by atoms with Crippen molar-refractivity contribution < 1.29 is 14.3 Å². The number of fused-ring (bicyclic) bond motifs is 1. The number of benzene rings is 1. The largest absolute Gasteiger partial charge is 0.497 e. The molecule has 1 saturated heterocycles. The van der Waals surface area contributed by atoms with Gasteiger partial charge in [-0.2, -0.15) is 0 Å². The fourth-order valence-electron chi connectivity index (χ4n) is 3.26. The molecule has 0 saturated carbocycles. The summed E-state index contributed by atoms with van der Waals surface area (Å²) in [6.45, 7) is 1.03. The van der Waals surface area contributed by atoms with Crippen LogP contribution in [0.2, 0.25) is 0 Å². The van der Waals surface area contributed by atoms with E-state index in [0.717, 1.165) is 12.8 Å². The average molecular weight is 369 g/mol. The zero-order valence-corrected chi connectivity index (χ0v) is 14.8. The average Bonchev–Trinajstić information content (AvgIpc) is 3.29. The number of hydrogen-bond acceptors (Lipinski definition) is 6. The van der Waals surface area contributed by atoms with Crippen LogP contribution in [0.5, 0.6) is 5.75 Å². The summed E-state index contributed by atoms with van der Waals surface area (Å²) in [7, 11) is 1.56. The van der Waals surface area contributed by atoms with Crippen molar-refractivity contribution in [1.82, 2.24) is 19.5 Å². The maximum absolute atomic E-state index is 12.5. The summed E-state index contributed by atoms with van der Waals surface area (Å²) in [6.07, 6.45) is 1.77. The predicted molar refractivity (Wildman–Crippen MR) is 97.6 cm³/mol. The van der Waals surface area contributed by atoms with Crippen LogP contribution in [0.4, 0.5) is 0 Å². The molecule has 0 spiro atoms. The Morgan fingerprint density at radius 1 is 1.44 bits per heavy atom. The molecule has 1 fully saturated rings. The van der Waals surface area contributed by atoms with Crippen LogP contribution in [0.25, 0.3) is 22.6 Å². The molecule has 9 heteroatoms. The minimum atomic E-state index is -0.739. The molecule has 4 rings (SSSR count). The third kappa shape index (κ3) is 3.17. The number of rotatable bonds is 5. The van der Waals surface area contributed by atoms with Crippen molar-refractivity contribution in [3.8, 4) is 17.1 Å². The minimum absolute atomic E-state index is 0.0268. The highest BCUT2D eigenvalue weighted by molar-refractivity contribution is 6.01. The summed E-state index contributed by atoms with van der Waals surface area (Å²) >= 11 is 0. The zero-order chi connectivity index (χ0) is 19.0. The van der Waals surface area contributed by atoms with E-state index in [-0.39, 0.29) is 28.8 Å². The number of carbonyl (C=O) groups excluding carboxylic acids is 1. The molecule has 1 aromatic carbocycles. The van der Waals surface area contributed by atoms with Crippen molar-refractivity contribution in [2.45, 2.75) is 25.5 Å². The van der Waals surface area contributed by atoms with Gasteiger partial charge < -0.3 is 20.2 Å². The number of amides is 1. The van der Waals surface area contributed by atoms with Crippen molar-refractivity contribution >= 4 is 17.1 Å². The van der Waals surface area contributed by atoms with E-state index in [4.69, 9.17) is 15.2 Å². The number of nitrogens with zero attached hydrogens (tertiary/aromatic N) is 3. The second-order valence-corrected chi connectivity index (χ2v) is 6.37. The lowest BCUT2D eigenvalue weighted by molar-refractivity contribution is 0.0970. The van der Waals surface area contributed by atoms with E-state index in [1.807, 2.05) is 0 Å². The van der Waals surface area contributed by atoms with Crippen molar-refractivity contribution in [1.29, 1.82) is 0 Å². The van der Waals surface area contributed by atoms with Crippen molar-refractivity contribution in [3.63, 3.8) is 0 Å². The first-order valence-electron chi connectivity index (χ1n) is 8.63. The highest BCUT2D eigenvalue weighted by atomic mass is 16.5. The maximum Gasteiger partial charge on any atom is 0.327 e. The smallest absolute Gasteiger partial charge is 0.327 e. The van der Waals surface area contributed by atoms with Crippen LogP contribution in [-0.2, 0) is 11.3 Å². The molecule has 0 bridgehead atoms. The third-order valence-corrected chi connectivity index (χ3v) is 4.59. The van der Waals surface area contributed by atoms with E-state index in [0.29, 0.717) is 30.1 Å². The van der Waals surface area contributed by atoms with E-state index in [2.05, 4.69) is 15.0 Å². The summed E-state index contributed by atoms with van der Waals surface area (Å²) < 4.78 is 12.3. The summed E-state index contributed by atoms with van der Waals surface area (Å²) in [6, 6.07) is 7.13. The monoisotopic (exact) mass is 369 g/mol. The molecular weight excluding hydrogens is 350 g/mol. The van der Waals surface area contributed by atoms with E-state index >= 15 is 0 Å². The second kappa shape index (κ2) is 6.84. The highest BCUT2D eigenvalue weighted by Crippen LogP contribution is 2.24. The van der Waals surface area contributed by atoms with E-state index in [9.17, 15) is 9.59 Å². The standard InChI is InChI=1S/C18H19N5O4/c1-26-11-5-2-4-10(8-11)16-20-13(15(19)24)14-17(22-16)23(18(25)21-14)9-12-6-3-7-27-12/h2,4-5,8,12H,3,6-7,9H2,1H3,(H2,19,24)(H,21,25). The lowest BCUT2D eigenvalue weighted by Crippen LogP contribution is -2.24. The van der Waals surface area contributed by atoms with Gasteiger partial charge in [-0.25, -0.2) is 14.8 Å². The Morgan fingerprint density at radius 3 is 3.00 bits per heavy atom. The molecule has 0 aliphatic carbocycles. The number of primary amides is 1. The highest BCUT2D eigenvalue weighted by Gasteiger charge is 2.23. The number of methoxy groups -OCH3 is 1. The van der Waals surface area contributed by atoms with Crippen LogP contribution in [-0.4, -0.2) is 45.2 Å². The van der Waals surface area contributed by atoms with Gasteiger partial charge >= 0.3 is 5.69 Å². The van der Waals surface area contributed by atoms with Gasteiger partial charge in [0.15, 0.2) is 17.2 Å². The van der Waals surface area contributed by atoms with Crippen molar-refractivity contribution in [2.24, 2.45) is 5.73 Å². The van der Waals surface area contributed by atoms with Crippen LogP contribution in [0.15, 0.2) is 29.1 Å². The van der Waals surface area contributed by atoms with Crippen molar-refractivity contribution in [3.05, 3.63) is 40.4 Å². The van der Waals surface area contributed by atoms with Crippen LogP contribution in [0.3, 0.4) is 0 Å². The fraction of sp³-hybridized carbons (Fsp3) is 0.333. The number of aromatic amines is 1. The van der Waals surface area contributed by atoms with Crippen molar-refractivity contribution in [2.75, 3.05) is 13.7 Å². The first-order valence-corrected chi connectivity index (χ1v) is 8.63. The number of H-pyrrole nitrogens is 1. The van der Waals surface area contributed by atoms with Gasteiger partial charge in [0, 0.05) is 12.2 Å². The molecular formula is C18H19N5O4. The molecule has 1 atom stereocenters. The molecule has 1 unspecified atom stereocenters. The van der Waals surface area contributed by atoms with Gasteiger partial charge in [0.1, 0.15) is 11.3 Å².